The van der Waals surface area contributed by atoms with Crippen molar-refractivity contribution in [3.8, 4) is 0 Å². The Morgan fingerprint density at radius 1 is 1.35 bits per heavy atom. The van der Waals surface area contributed by atoms with Gasteiger partial charge < -0.3 is 5.32 Å². The van der Waals surface area contributed by atoms with Gasteiger partial charge in [-0.3, -0.25) is 4.90 Å². The van der Waals surface area contributed by atoms with Crippen molar-refractivity contribution in [3.05, 3.63) is 12.2 Å². The van der Waals surface area contributed by atoms with E-state index in [0.717, 1.165) is 38.5 Å². The molecule has 2 fully saturated rings. The van der Waals surface area contributed by atoms with Crippen LogP contribution in [0.1, 0.15) is 45.4 Å². The van der Waals surface area contributed by atoms with E-state index in [0.29, 0.717) is 11.5 Å². The Labute approximate surface area is 121 Å². The highest BCUT2D eigenvalue weighted by atomic mass is 15.4. The van der Waals surface area contributed by atoms with Gasteiger partial charge in [0.25, 0.3) is 0 Å². The lowest BCUT2D eigenvalue weighted by atomic mass is 9.92. The number of nitrogens with one attached hydrogen (secondary N) is 1. The Hall–Kier alpha value is -0.940. The molecule has 1 saturated heterocycles. The van der Waals surface area contributed by atoms with Crippen LogP contribution in [0.4, 0.5) is 0 Å². The van der Waals surface area contributed by atoms with Crippen LogP contribution in [0.5, 0.6) is 0 Å². The number of aromatic nitrogens is 3. The van der Waals surface area contributed by atoms with Crippen LogP contribution in [0.25, 0.3) is 0 Å². The molecule has 2 heterocycles. The lowest BCUT2D eigenvalue weighted by Gasteiger charge is -2.45. The van der Waals surface area contributed by atoms with Crippen LogP contribution in [0.3, 0.4) is 0 Å². The molecule has 0 bridgehead atoms. The Balaban J connectivity index is 1.74. The first kappa shape index (κ1) is 14.0. The molecule has 1 spiro atoms. The van der Waals surface area contributed by atoms with E-state index in [1.807, 2.05) is 0 Å². The van der Waals surface area contributed by atoms with E-state index in [1.165, 1.54) is 25.7 Å². The molecule has 0 aromatic carbocycles. The highest BCUT2D eigenvalue weighted by molar-refractivity contribution is 5.01. The van der Waals surface area contributed by atoms with E-state index in [9.17, 15) is 0 Å². The quantitative estimate of drug-likeness (QED) is 0.909. The molecule has 1 aromatic heterocycles. The van der Waals surface area contributed by atoms with Crippen molar-refractivity contribution in [2.75, 3.05) is 19.6 Å². The third kappa shape index (κ3) is 2.74. The van der Waals surface area contributed by atoms with Gasteiger partial charge in [0.15, 0.2) is 0 Å². The van der Waals surface area contributed by atoms with Crippen LogP contribution in [-0.4, -0.2) is 44.8 Å². The van der Waals surface area contributed by atoms with Crippen molar-refractivity contribution < 1.29 is 0 Å². The maximum Gasteiger partial charge on any atom is 0.141 e. The lowest BCUT2D eigenvalue weighted by molar-refractivity contribution is 0.0532. The fourth-order valence-electron chi connectivity index (χ4n) is 3.74. The summed E-state index contributed by atoms with van der Waals surface area (Å²) in [5.74, 6) is 1.74. The minimum atomic E-state index is 0.382. The van der Waals surface area contributed by atoms with Gasteiger partial charge in [-0.05, 0) is 18.8 Å². The third-order valence-corrected chi connectivity index (χ3v) is 4.78. The van der Waals surface area contributed by atoms with Crippen molar-refractivity contribution in [2.45, 2.75) is 58.2 Å². The summed E-state index contributed by atoms with van der Waals surface area (Å²) in [6, 6.07) is 0. The van der Waals surface area contributed by atoms with Gasteiger partial charge in [-0.2, -0.15) is 5.10 Å². The summed E-state index contributed by atoms with van der Waals surface area (Å²) in [5.41, 5.74) is 0.382. The van der Waals surface area contributed by atoms with Crippen molar-refractivity contribution >= 4 is 0 Å². The number of hydrogen-bond donors (Lipinski definition) is 1. The molecule has 5 heteroatoms. The van der Waals surface area contributed by atoms with Crippen LogP contribution in [-0.2, 0) is 13.1 Å². The van der Waals surface area contributed by atoms with Crippen LogP contribution in [0.15, 0.2) is 6.33 Å². The molecule has 112 valence electrons. The maximum atomic E-state index is 4.51. The zero-order valence-corrected chi connectivity index (χ0v) is 12.8. The van der Waals surface area contributed by atoms with Gasteiger partial charge in [-0.15, -0.1) is 0 Å². The molecule has 2 aliphatic rings. The predicted octanol–water partition coefficient (Wildman–Crippen LogP) is 1.65. The standard InChI is InChI=1S/C15H27N5/c1-13(2)9-20-14(17-12-18-20)10-19-8-7-16-11-15(19)5-3-4-6-15/h12-13,16H,3-11H2,1-2H3. The molecular formula is C15H27N5. The van der Waals surface area contributed by atoms with E-state index < -0.39 is 0 Å². The largest absolute Gasteiger partial charge is 0.314 e. The van der Waals surface area contributed by atoms with Gasteiger partial charge in [0.1, 0.15) is 12.2 Å². The molecule has 1 aliphatic heterocycles. The molecular weight excluding hydrogens is 250 g/mol. The highest BCUT2D eigenvalue weighted by Gasteiger charge is 2.41. The molecule has 0 amide bonds. The average molecular weight is 277 g/mol. The SMILES string of the molecule is CC(C)Cn1ncnc1CN1CCNCC12CCCC2. The number of piperazine rings is 1. The number of hydrogen-bond acceptors (Lipinski definition) is 4. The average Bonchev–Trinajstić information content (AvgIpc) is 3.03. The summed E-state index contributed by atoms with van der Waals surface area (Å²) < 4.78 is 2.09. The van der Waals surface area contributed by atoms with Gasteiger partial charge in [-0.1, -0.05) is 26.7 Å². The van der Waals surface area contributed by atoms with Crippen LogP contribution in [0, 0.1) is 5.92 Å². The Bertz CT molecular complexity index is 433. The minimum absolute atomic E-state index is 0.382. The zero-order valence-electron chi connectivity index (χ0n) is 12.8. The second kappa shape index (κ2) is 5.82. The van der Waals surface area contributed by atoms with E-state index in [-0.39, 0.29) is 0 Å². The summed E-state index contributed by atoms with van der Waals surface area (Å²) in [6.07, 6.45) is 7.12. The van der Waals surface area contributed by atoms with Gasteiger partial charge in [0.05, 0.1) is 6.54 Å². The molecule has 0 radical (unpaired) electrons. The number of nitrogens with zero attached hydrogens (tertiary/aromatic N) is 4. The first-order valence-electron chi connectivity index (χ1n) is 8.02. The maximum absolute atomic E-state index is 4.51. The molecule has 3 rings (SSSR count). The summed E-state index contributed by atoms with van der Waals surface area (Å²) in [6.45, 7) is 9.76. The zero-order chi connectivity index (χ0) is 14.0. The Morgan fingerprint density at radius 2 is 2.15 bits per heavy atom. The normalized spacial score (nSPS) is 22.9. The molecule has 1 saturated carbocycles. The van der Waals surface area contributed by atoms with Gasteiger partial charge in [0, 0.05) is 31.7 Å². The summed E-state index contributed by atoms with van der Waals surface area (Å²) >= 11 is 0. The predicted molar refractivity (Wildman–Crippen MR) is 79.3 cm³/mol. The van der Waals surface area contributed by atoms with Crippen molar-refractivity contribution in [1.82, 2.24) is 25.0 Å². The van der Waals surface area contributed by atoms with E-state index in [1.54, 1.807) is 6.33 Å². The van der Waals surface area contributed by atoms with Crippen molar-refractivity contribution in [2.24, 2.45) is 5.92 Å². The van der Waals surface area contributed by atoms with E-state index in [2.05, 4.69) is 38.8 Å². The lowest BCUT2D eigenvalue weighted by Crippen LogP contribution is -2.59. The van der Waals surface area contributed by atoms with Crippen molar-refractivity contribution in [1.29, 1.82) is 0 Å². The fourth-order valence-corrected chi connectivity index (χ4v) is 3.74. The first-order chi connectivity index (χ1) is 9.70. The third-order valence-electron chi connectivity index (χ3n) is 4.78. The summed E-state index contributed by atoms with van der Waals surface area (Å²) in [4.78, 5) is 7.17. The molecule has 0 atom stereocenters. The van der Waals surface area contributed by atoms with Gasteiger partial charge in [0.2, 0.25) is 0 Å². The van der Waals surface area contributed by atoms with Crippen molar-refractivity contribution in [3.63, 3.8) is 0 Å². The van der Waals surface area contributed by atoms with Crippen LogP contribution < -0.4 is 5.32 Å². The van der Waals surface area contributed by atoms with Gasteiger partial charge in [-0.25, -0.2) is 9.67 Å². The molecule has 1 N–H and O–H groups in total. The second-order valence-corrected chi connectivity index (χ2v) is 6.78. The monoisotopic (exact) mass is 277 g/mol. The van der Waals surface area contributed by atoms with Crippen LogP contribution in [0.2, 0.25) is 0 Å². The Morgan fingerprint density at radius 3 is 2.90 bits per heavy atom. The topological polar surface area (TPSA) is 46.0 Å². The summed E-state index contributed by atoms with van der Waals surface area (Å²) in [7, 11) is 0. The molecule has 20 heavy (non-hydrogen) atoms. The fraction of sp³-hybridized carbons (Fsp3) is 0.867. The Kier molecular flexibility index (Phi) is 4.08. The van der Waals surface area contributed by atoms with E-state index in [4.69, 9.17) is 0 Å². The van der Waals surface area contributed by atoms with Crippen LogP contribution >= 0.6 is 0 Å². The smallest absolute Gasteiger partial charge is 0.141 e. The first-order valence-corrected chi connectivity index (χ1v) is 8.02. The molecule has 0 unspecified atom stereocenters. The molecule has 5 nitrogen and oxygen atoms in total. The number of rotatable bonds is 4. The van der Waals surface area contributed by atoms with Gasteiger partial charge >= 0.3 is 0 Å². The second-order valence-electron chi connectivity index (χ2n) is 6.78. The minimum Gasteiger partial charge on any atom is -0.314 e. The molecule has 1 aromatic rings. The van der Waals surface area contributed by atoms with E-state index >= 15 is 0 Å². The summed E-state index contributed by atoms with van der Waals surface area (Å²) in [5, 5.41) is 7.99. The highest BCUT2D eigenvalue weighted by Crippen LogP contribution is 2.36. The molecule has 1 aliphatic carbocycles.